The van der Waals surface area contributed by atoms with Gasteiger partial charge in [-0.15, -0.1) is 0 Å². The zero-order valence-electron chi connectivity index (χ0n) is 31.3. The number of fused-ring (bicyclic) bond motifs is 2. The topological polar surface area (TPSA) is 189 Å². The summed E-state index contributed by atoms with van der Waals surface area (Å²) < 4.78 is 17.6. The van der Waals surface area contributed by atoms with Crippen LogP contribution in [0.1, 0.15) is 71.7 Å². The van der Waals surface area contributed by atoms with Gasteiger partial charge in [0.15, 0.2) is 0 Å². The highest BCUT2D eigenvalue weighted by Crippen LogP contribution is 2.40. The van der Waals surface area contributed by atoms with Crippen molar-refractivity contribution in [3.8, 4) is 17.1 Å². The molecule has 2 N–H and O–H groups in total. The lowest BCUT2D eigenvalue weighted by Crippen LogP contribution is -2.54. The lowest BCUT2D eigenvalue weighted by molar-refractivity contribution is -0.136. The second kappa shape index (κ2) is 15.8. The number of rotatable bonds is 15. The summed E-state index contributed by atoms with van der Waals surface area (Å²) in [6.45, 7) is 5.94. The van der Waals surface area contributed by atoms with E-state index in [-0.39, 0.29) is 42.9 Å². The van der Waals surface area contributed by atoms with Crippen molar-refractivity contribution in [2.24, 2.45) is 0 Å². The van der Waals surface area contributed by atoms with Gasteiger partial charge in [0.2, 0.25) is 17.7 Å². The van der Waals surface area contributed by atoms with Gasteiger partial charge in [-0.05, 0) is 68.9 Å². The maximum absolute atomic E-state index is 13.3. The van der Waals surface area contributed by atoms with Crippen molar-refractivity contribution in [3.05, 3.63) is 65.5 Å². The van der Waals surface area contributed by atoms with Gasteiger partial charge in [-0.1, -0.05) is 12.1 Å². The van der Waals surface area contributed by atoms with E-state index in [2.05, 4.69) is 37.3 Å². The fourth-order valence-electron chi connectivity index (χ4n) is 7.45. The first kappa shape index (κ1) is 37.2. The molecule has 1 saturated carbocycles. The number of imide groups is 2. The van der Waals surface area contributed by atoms with Gasteiger partial charge >= 0.3 is 0 Å². The normalized spacial score (nSPS) is 19.1. The van der Waals surface area contributed by atoms with Crippen molar-refractivity contribution in [1.82, 2.24) is 35.3 Å². The van der Waals surface area contributed by atoms with Crippen molar-refractivity contribution in [2.45, 2.75) is 63.5 Å². The zero-order chi connectivity index (χ0) is 38.8. The molecule has 2 aromatic heterocycles. The molecule has 292 valence electrons. The van der Waals surface area contributed by atoms with Gasteiger partial charge in [0.25, 0.3) is 11.8 Å². The Bertz CT molecular complexity index is 2180. The summed E-state index contributed by atoms with van der Waals surface area (Å²) >= 11 is 0. The van der Waals surface area contributed by atoms with E-state index < -0.39 is 29.7 Å². The highest BCUT2D eigenvalue weighted by molar-refractivity contribution is 6.24. The SMILES string of the molecule is CC1(Oc2ccc3[nH]nc(-c4cc(N5CCN(C(=O)CCOCCOCCCc6cccc7c6C(=O)N(C6CCC(=O)NC6=O)C7=O)CC5)ncn4)c3c2)CC1. The maximum Gasteiger partial charge on any atom is 0.262 e. The molecule has 0 spiro atoms. The minimum absolute atomic E-state index is 0.0367. The predicted molar refractivity (Wildman–Crippen MR) is 202 cm³/mol. The number of aromatic amines is 1. The Morgan fingerprint density at radius 3 is 2.52 bits per heavy atom. The minimum Gasteiger partial charge on any atom is -0.488 e. The summed E-state index contributed by atoms with van der Waals surface area (Å²) in [6.07, 6.45) is 5.23. The molecule has 5 heterocycles. The van der Waals surface area contributed by atoms with Gasteiger partial charge in [-0.3, -0.25) is 39.3 Å². The zero-order valence-corrected chi connectivity index (χ0v) is 31.3. The minimum atomic E-state index is -0.998. The van der Waals surface area contributed by atoms with Gasteiger partial charge in [-0.2, -0.15) is 5.10 Å². The molecule has 2 saturated heterocycles. The number of H-pyrrole nitrogens is 1. The molecule has 56 heavy (non-hydrogen) atoms. The number of piperidine rings is 1. The average molecular weight is 765 g/mol. The van der Waals surface area contributed by atoms with Gasteiger partial charge in [-0.25, -0.2) is 9.97 Å². The third kappa shape index (κ3) is 7.84. The molecule has 4 aliphatic rings. The highest BCUT2D eigenvalue weighted by Gasteiger charge is 2.45. The van der Waals surface area contributed by atoms with Crippen LogP contribution in [0.5, 0.6) is 5.75 Å². The number of amides is 5. The van der Waals surface area contributed by atoms with Crippen LogP contribution in [0.4, 0.5) is 5.82 Å². The third-order valence-corrected chi connectivity index (χ3v) is 10.8. The molecule has 16 heteroatoms. The number of hydrogen-bond acceptors (Lipinski definition) is 12. The molecule has 1 aliphatic carbocycles. The molecule has 0 radical (unpaired) electrons. The standard InChI is InChI=1S/C40H44N8O8/c1-40(12-13-40)56-26-7-8-29-28(22-26)36(45-44-29)30-23-32(42-24-41-30)46-14-16-47(17-15-46)34(50)11-19-55-21-20-54-18-3-5-25-4-2-6-27-35(25)39(53)48(38(27)52)31-9-10-33(49)43-37(31)51/h2,4,6-8,22-24,31H,3,5,9-21H2,1H3,(H,44,45)(H,43,49,51). The molecule has 0 bridgehead atoms. The van der Waals surface area contributed by atoms with Gasteiger partial charge < -0.3 is 24.0 Å². The molecule has 5 amide bonds. The fourth-order valence-corrected chi connectivity index (χ4v) is 7.45. The predicted octanol–water partition coefficient (Wildman–Crippen LogP) is 3.06. The van der Waals surface area contributed by atoms with Crippen LogP contribution in [0.25, 0.3) is 22.3 Å². The Labute approximate surface area is 322 Å². The largest absolute Gasteiger partial charge is 0.488 e. The van der Waals surface area contributed by atoms with E-state index in [0.29, 0.717) is 75.7 Å². The number of piperazine rings is 1. The van der Waals surface area contributed by atoms with E-state index in [9.17, 15) is 24.0 Å². The van der Waals surface area contributed by atoms with Gasteiger partial charge in [0, 0.05) is 50.7 Å². The van der Waals surface area contributed by atoms with Crippen LogP contribution in [0, 0.1) is 0 Å². The van der Waals surface area contributed by atoms with Crippen molar-refractivity contribution in [1.29, 1.82) is 0 Å². The second-order valence-electron chi connectivity index (χ2n) is 14.8. The van der Waals surface area contributed by atoms with E-state index in [1.165, 1.54) is 0 Å². The number of nitrogens with one attached hydrogen (secondary N) is 2. The van der Waals surface area contributed by atoms with E-state index >= 15 is 0 Å². The Balaban J connectivity index is 0.730. The summed E-state index contributed by atoms with van der Waals surface area (Å²) in [5.74, 6) is -0.432. The van der Waals surface area contributed by atoms with Crippen LogP contribution in [-0.2, 0) is 30.3 Å². The Morgan fingerprint density at radius 2 is 1.73 bits per heavy atom. The number of hydrogen-bond donors (Lipinski definition) is 2. The first-order valence-electron chi connectivity index (χ1n) is 19.2. The number of carbonyl (C=O) groups excluding carboxylic acids is 5. The number of aryl methyl sites for hydroxylation is 1. The second-order valence-corrected chi connectivity index (χ2v) is 14.8. The van der Waals surface area contributed by atoms with Gasteiger partial charge in [0.1, 0.15) is 35.2 Å². The first-order valence-corrected chi connectivity index (χ1v) is 19.2. The van der Waals surface area contributed by atoms with Gasteiger partial charge in [0.05, 0.1) is 48.6 Å². The van der Waals surface area contributed by atoms with Crippen molar-refractivity contribution in [3.63, 3.8) is 0 Å². The number of anilines is 1. The summed E-state index contributed by atoms with van der Waals surface area (Å²) in [5.41, 5.74) is 3.56. The number of benzene rings is 2. The molecule has 1 unspecified atom stereocenters. The van der Waals surface area contributed by atoms with Crippen LogP contribution >= 0.6 is 0 Å². The number of ether oxygens (including phenoxy) is 3. The molecule has 3 aliphatic heterocycles. The summed E-state index contributed by atoms with van der Waals surface area (Å²) in [5, 5.41) is 10.8. The highest BCUT2D eigenvalue weighted by atomic mass is 16.5. The van der Waals surface area contributed by atoms with Crippen LogP contribution in [0.3, 0.4) is 0 Å². The molecule has 2 aromatic carbocycles. The quantitative estimate of drug-likeness (QED) is 0.133. The Kier molecular flexibility index (Phi) is 10.5. The first-order chi connectivity index (χ1) is 27.2. The van der Waals surface area contributed by atoms with E-state index in [1.54, 1.807) is 24.5 Å². The number of nitrogens with zero attached hydrogens (tertiary/aromatic N) is 6. The molecule has 1 atom stereocenters. The van der Waals surface area contributed by atoms with Crippen molar-refractivity contribution < 1.29 is 38.2 Å². The maximum atomic E-state index is 13.3. The molecule has 8 rings (SSSR count). The lowest BCUT2D eigenvalue weighted by Gasteiger charge is -2.35. The Hall–Kier alpha value is -5.74. The summed E-state index contributed by atoms with van der Waals surface area (Å²) in [6, 6.07) is 12.0. The summed E-state index contributed by atoms with van der Waals surface area (Å²) in [7, 11) is 0. The van der Waals surface area contributed by atoms with Crippen LogP contribution in [-0.4, -0.2) is 124 Å². The molecule has 16 nitrogen and oxygen atoms in total. The molecular formula is C40H44N8O8. The van der Waals surface area contributed by atoms with E-state index in [1.807, 2.05) is 29.2 Å². The molecular weight excluding hydrogens is 720 g/mol. The third-order valence-electron chi connectivity index (χ3n) is 10.8. The van der Waals surface area contributed by atoms with Crippen molar-refractivity contribution >= 4 is 46.3 Å². The smallest absolute Gasteiger partial charge is 0.262 e. The number of aromatic nitrogens is 4. The van der Waals surface area contributed by atoms with E-state index in [4.69, 9.17) is 14.2 Å². The van der Waals surface area contributed by atoms with Crippen molar-refractivity contribution in [2.75, 3.05) is 57.5 Å². The van der Waals surface area contributed by atoms with Crippen LogP contribution < -0.4 is 15.0 Å². The monoisotopic (exact) mass is 764 g/mol. The van der Waals surface area contributed by atoms with Crippen LogP contribution in [0.2, 0.25) is 0 Å². The fraction of sp³-hybridized carbons (Fsp3) is 0.450. The van der Waals surface area contributed by atoms with E-state index in [0.717, 1.165) is 45.9 Å². The average Bonchev–Trinajstić information content (AvgIpc) is 3.68. The lowest BCUT2D eigenvalue weighted by atomic mass is 9.99. The number of carbonyl (C=O) groups is 5. The molecule has 3 fully saturated rings. The Morgan fingerprint density at radius 1 is 0.929 bits per heavy atom. The van der Waals surface area contributed by atoms with Crippen LogP contribution in [0.15, 0.2) is 48.8 Å². The molecule has 4 aromatic rings. The summed E-state index contributed by atoms with van der Waals surface area (Å²) in [4.78, 5) is 77.2.